The van der Waals surface area contributed by atoms with E-state index >= 15 is 0 Å². The van der Waals surface area contributed by atoms with E-state index in [1.807, 2.05) is 4.90 Å². The van der Waals surface area contributed by atoms with Crippen LogP contribution in [0.1, 0.15) is 44.5 Å². The number of carbonyl (C=O) groups is 4. The monoisotopic (exact) mass is 537 g/mol. The molecule has 0 aliphatic carbocycles. The first kappa shape index (κ1) is 26.5. The molecule has 1 fully saturated rings. The maximum Gasteiger partial charge on any atom is 0.335 e. The molecule has 0 atom stereocenters. The van der Waals surface area contributed by atoms with Gasteiger partial charge in [-0.05, 0) is 36.8 Å². The van der Waals surface area contributed by atoms with Gasteiger partial charge in [-0.15, -0.1) is 0 Å². The fraction of sp³-hybridized carbons (Fsp3) is 0.240. The highest BCUT2D eigenvalue weighted by molar-refractivity contribution is 6.30. The Bertz CT molecular complexity index is 1370. The minimum atomic E-state index is -1.23. The van der Waals surface area contributed by atoms with Gasteiger partial charge in [-0.2, -0.15) is 0 Å². The van der Waals surface area contributed by atoms with Gasteiger partial charge in [0.25, 0.3) is 11.8 Å². The second-order valence-electron chi connectivity index (χ2n) is 8.44. The second-order valence-corrected chi connectivity index (χ2v) is 8.88. The molecule has 3 heterocycles. The number of hydrogen-bond donors (Lipinski definition) is 3. The number of carbonyl (C=O) groups excluding carboxylic acids is 3. The normalized spacial score (nSPS) is 13.4. The minimum Gasteiger partial charge on any atom is -0.478 e. The molecule has 1 saturated heterocycles. The predicted molar refractivity (Wildman–Crippen MR) is 140 cm³/mol. The topological polar surface area (TPSA) is 158 Å². The van der Waals surface area contributed by atoms with Gasteiger partial charge < -0.3 is 25.5 Å². The minimum absolute atomic E-state index is 0.00183. The molecule has 12 nitrogen and oxygen atoms in total. The molecule has 13 heteroatoms. The molecule has 4 rings (SSSR count). The van der Waals surface area contributed by atoms with Gasteiger partial charge in [-0.3, -0.25) is 14.4 Å². The SMILES string of the molecule is CC(=O)N1CCCN(c2cnc(C(=O)Nc3ccc(C(=O)O)cc3C(=O)Nc3ccc(Cl)cn3)cn2)CC1. The molecule has 0 saturated carbocycles. The molecular formula is C25H24ClN7O5. The van der Waals surface area contributed by atoms with Crippen molar-refractivity contribution in [3.63, 3.8) is 0 Å². The predicted octanol–water partition coefficient (Wildman–Crippen LogP) is 2.79. The molecule has 1 aromatic carbocycles. The van der Waals surface area contributed by atoms with Gasteiger partial charge >= 0.3 is 5.97 Å². The quantitative estimate of drug-likeness (QED) is 0.430. The Kier molecular flexibility index (Phi) is 8.12. The first-order chi connectivity index (χ1) is 18.2. The third-order valence-corrected chi connectivity index (χ3v) is 6.09. The summed E-state index contributed by atoms with van der Waals surface area (Å²) in [6.45, 7) is 4.08. The summed E-state index contributed by atoms with van der Waals surface area (Å²) in [5.41, 5.74) is -0.141. The molecule has 3 amide bonds. The third kappa shape index (κ3) is 6.40. The van der Waals surface area contributed by atoms with Crippen molar-refractivity contribution in [3.8, 4) is 0 Å². The van der Waals surface area contributed by atoms with E-state index in [-0.39, 0.29) is 34.2 Å². The Labute approximate surface area is 222 Å². The number of anilines is 3. The van der Waals surface area contributed by atoms with Crippen molar-refractivity contribution < 1.29 is 24.3 Å². The van der Waals surface area contributed by atoms with Crippen molar-refractivity contribution in [1.82, 2.24) is 19.9 Å². The van der Waals surface area contributed by atoms with Crippen molar-refractivity contribution in [2.24, 2.45) is 0 Å². The van der Waals surface area contributed by atoms with Gasteiger partial charge in [0.15, 0.2) is 0 Å². The summed E-state index contributed by atoms with van der Waals surface area (Å²) in [6, 6.07) is 6.77. The number of rotatable bonds is 6. The van der Waals surface area contributed by atoms with Crippen LogP contribution in [0, 0.1) is 0 Å². The molecular weight excluding hydrogens is 514 g/mol. The van der Waals surface area contributed by atoms with Gasteiger partial charge in [0, 0.05) is 39.3 Å². The summed E-state index contributed by atoms with van der Waals surface area (Å²) in [5, 5.41) is 14.9. The molecule has 1 aliphatic rings. The average molecular weight is 538 g/mol. The van der Waals surface area contributed by atoms with Crippen molar-refractivity contribution >= 4 is 52.6 Å². The summed E-state index contributed by atoms with van der Waals surface area (Å²) in [6.07, 6.45) is 4.93. The van der Waals surface area contributed by atoms with Crippen LogP contribution in [0.25, 0.3) is 0 Å². The lowest BCUT2D eigenvalue weighted by Crippen LogP contribution is -2.34. The maximum atomic E-state index is 12.9. The standard InChI is InChI=1S/C25H24ClN7O5/c1-15(34)32-7-2-8-33(10-9-32)22-14-27-20(13-29-22)24(36)30-19-5-3-16(25(37)38)11-18(19)23(35)31-21-6-4-17(26)12-28-21/h3-6,11-14H,2,7-10H2,1H3,(H,30,36)(H,37,38)(H,28,31,35). The van der Waals surface area contributed by atoms with Crippen LogP contribution in [0.3, 0.4) is 0 Å². The van der Waals surface area contributed by atoms with E-state index in [2.05, 4.69) is 25.6 Å². The van der Waals surface area contributed by atoms with Crippen LogP contribution in [0.2, 0.25) is 5.02 Å². The fourth-order valence-electron chi connectivity index (χ4n) is 3.86. The Hall–Kier alpha value is -4.58. The van der Waals surface area contributed by atoms with Gasteiger partial charge in [0.2, 0.25) is 5.91 Å². The molecule has 3 aromatic rings. The van der Waals surface area contributed by atoms with Gasteiger partial charge in [0.05, 0.1) is 34.2 Å². The van der Waals surface area contributed by atoms with Crippen LogP contribution >= 0.6 is 11.6 Å². The number of carboxylic acids is 1. The van der Waals surface area contributed by atoms with Crippen LogP contribution in [-0.4, -0.2) is 74.8 Å². The number of aromatic nitrogens is 3. The van der Waals surface area contributed by atoms with E-state index in [9.17, 15) is 24.3 Å². The molecule has 0 spiro atoms. The largest absolute Gasteiger partial charge is 0.478 e. The molecule has 3 N–H and O–H groups in total. The highest BCUT2D eigenvalue weighted by Crippen LogP contribution is 2.21. The number of halogens is 1. The Morgan fingerprint density at radius 1 is 0.895 bits per heavy atom. The van der Waals surface area contributed by atoms with Crippen molar-refractivity contribution in [1.29, 1.82) is 0 Å². The number of carboxylic acid groups (broad SMARTS) is 1. The first-order valence-electron chi connectivity index (χ1n) is 11.7. The summed E-state index contributed by atoms with van der Waals surface area (Å²) in [7, 11) is 0. The summed E-state index contributed by atoms with van der Waals surface area (Å²) in [5.74, 6) is -1.75. The summed E-state index contributed by atoms with van der Waals surface area (Å²) < 4.78 is 0. The van der Waals surface area contributed by atoms with E-state index < -0.39 is 17.8 Å². The van der Waals surface area contributed by atoms with Crippen LogP contribution in [-0.2, 0) is 4.79 Å². The van der Waals surface area contributed by atoms with Gasteiger partial charge in [-0.25, -0.2) is 19.7 Å². The van der Waals surface area contributed by atoms with E-state index in [0.29, 0.717) is 37.0 Å². The second kappa shape index (κ2) is 11.6. The van der Waals surface area contributed by atoms with E-state index in [1.54, 1.807) is 11.8 Å². The molecule has 0 radical (unpaired) electrons. The smallest absolute Gasteiger partial charge is 0.335 e. The Balaban J connectivity index is 1.50. The van der Waals surface area contributed by atoms with Crippen molar-refractivity contribution in [2.45, 2.75) is 13.3 Å². The fourth-order valence-corrected chi connectivity index (χ4v) is 3.97. The molecule has 196 valence electrons. The highest BCUT2D eigenvalue weighted by atomic mass is 35.5. The number of benzene rings is 1. The molecule has 2 aromatic heterocycles. The van der Waals surface area contributed by atoms with E-state index in [1.165, 1.54) is 42.9 Å². The zero-order valence-electron chi connectivity index (χ0n) is 20.3. The Morgan fingerprint density at radius 2 is 1.71 bits per heavy atom. The first-order valence-corrected chi connectivity index (χ1v) is 12.0. The third-order valence-electron chi connectivity index (χ3n) is 5.86. The lowest BCUT2D eigenvalue weighted by Gasteiger charge is -2.22. The summed E-state index contributed by atoms with van der Waals surface area (Å²) in [4.78, 5) is 65.3. The molecule has 38 heavy (non-hydrogen) atoms. The number of amides is 3. The average Bonchev–Trinajstić information content (AvgIpc) is 3.17. The van der Waals surface area contributed by atoms with Crippen LogP contribution in [0.15, 0.2) is 48.9 Å². The number of pyridine rings is 1. The molecule has 0 bridgehead atoms. The number of nitrogens with one attached hydrogen (secondary N) is 2. The van der Waals surface area contributed by atoms with Gasteiger partial charge in [0.1, 0.15) is 17.3 Å². The van der Waals surface area contributed by atoms with E-state index in [4.69, 9.17) is 11.6 Å². The van der Waals surface area contributed by atoms with Crippen LogP contribution < -0.4 is 15.5 Å². The number of hydrogen-bond acceptors (Lipinski definition) is 8. The van der Waals surface area contributed by atoms with Crippen LogP contribution in [0.5, 0.6) is 0 Å². The molecule has 1 aliphatic heterocycles. The van der Waals surface area contributed by atoms with Crippen molar-refractivity contribution in [2.75, 3.05) is 41.7 Å². The van der Waals surface area contributed by atoms with Crippen LogP contribution in [0.4, 0.5) is 17.3 Å². The lowest BCUT2D eigenvalue weighted by molar-refractivity contribution is -0.128. The lowest BCUT2D eigenvalue weighted by atomic mass is 10.1. The van der Waals surface area contributed by atoms with E-state index in [0.717, 1.165) is 12.5 Å². The number of nitrogens with zero attached hydrogens (tertiary/aromatic N) is 5. The zero-order valence-corrected chi connectivity index (χ0v) is 21.1. The highest BCUT2D eigenvalue weighted by Gasteiger charge is 2.20. The van der Waals surface area contributed by atoms with Crippen molar-refractivity contribution in [3.05, 3.63) is 70.8 Å². The Morgan fingerprint density at radius 3 is 2.37 bits per heavy atom. The van der Waals surface area contributed by atoms with Gasteiger partial charge in [-0.1, -0.05) is 11.6 Å². The number of aromatic carboxylic acids is 1. The zero-order chi connectivity index (χ0) is 27.2. The summed E-state index contributed by atoms with van der Waals surface area (Å²) >= 11 is 5.82. The maximum absolute atomic E-state index is 12.9. The molecule has 0 unspecified atom stereocenters.